The van der Waals surface area contributed by atoms with Crippen LogP contribution in [-0.2, 0) is 0 Å². The molecule has 0 radical (unpaired) electrons. The number of rotatable bonds is 2. The zero-order valence-corrected chi connectivity index (χ0v) is 18.9. The molecule has 0 saturated carbocycles. The lowest BCUT2D eigenvalue weighted by atomic mass is 10.0. The Morgan fingerprint density at radius 2 is 1.66 bits per heavy atom. The summed E-state index contributed by atoms with van der Waals surface area (Å²) < 4.78 is 1.52. The van der Waals surface area contributed by atoms with Gasteiger partial charge >= 0.3 is 0 Å². The molecule has 6 rings (SSSR count). The molecule has 0 N–H and O–H groups in total. The maximum absolute atomic E-state index is 13.8. The summed E-state index contributed by atoms with van der Waals surface area (Å²) in [5.74, 6) is 0.858. The van der Waals surface area contributed by atoms with Crippen LogP contribution in [0.15, 0.2) is 58.7 Å². The van der Waals surface area contributed by atoms with Crippen LogP contribution < -0.4 is 10.5 Å². The summed E-state index contributed by atoms with van der Waals surface area (Å²) in [5.41, 5.74) is 3.66. The van der Waals surface area contributed by atoms with Crippen LogP contribution in [0.5, 0.6) is 0 Å². The molecule has 3 aromatic heterocycles. The van der Waals surface area contributed by atoms with E-state index in [1.54, 1.807) is 0 Å². The Balaban J connectivity index is 1.64. The van der Waals surface area contributed by atoms with Gasteiger partial charge in [0, 0.05) is 47.9 Å². The number of anilines is 1. The van der Waals surface area contributed by atoms with Crippen molar-refractivity contribution < 1.29 is 0 Å². The van der Waals surface area contributed by atoms with Crippen LogP contribution in [0.2, 0.25) is 0 Å². The Labute approximate surface area is 189 Å². The van der Waals surface area contributed by atoms with E-state index in [1.165, 1.54) is 21.4 Å². The Morgan fingerprint density at radius 3 is 2.41 bits per heavy atom. The molecule has 32 heavy (non-hydrogen) atoms. The lowest BCUT2D eigenvalue weighted by Crippen LogP contribution is -2.45. The fourth-order valence-electron chi connectivity index (χ4n) is 4.47. The average Bonchev–Trinajstić information content (AvgIpc) is 3.24. The number of likely N-dealkylation sites (N-methyl/N-ethyl adjacent to an activating group) is 1. The van der Waals surface area contributed by atoms with Crippen LogP contribution in [0.3, 0.4) is 0 Å². The molecular formula is C25H23N5OS. The number of aromatic nitrogens is 3. The van der Waals surface area contributed by atoms with Crippen LogP contribution in [-0.4, -0.2) is 52.7 Å². The van der Waals surface area contributed by atoms with E-state index < -0.39 is 0 Å². The van der Waals surface area contributed by atoms with E-state index in [1.807, 2.05) is 23.6 Å². The summed E-state index contributed by atoms with van der Waals surface area (Å²) in [6, 6.07) is 16.4. The SMILES string of the molecule is Cc1ccc(-c2csc3nc4c5ccccc5c(N5CCN(C)CC5)nn4c(=O)c23)cc1. The van der Waals surface area contributed by atoms with Crippen molar-refractivity contribution in [2.45, 2.75) is 6.92 Å². The number of hydrogen-bond donors (Lipinski definition) is 0. The van der Waals surface area contributed by atoms with Crippen molar-refractivity contribution in [3.05, 3.63) is 69.8 Å². The van der Waals surface area contributed by atoms with Crippen molar-refractivity contribution >= 4 is 43.8 Å². The molecule has 5 aromatic rings. The smallest absolute Gasteiger partial charge is 0.283 e. The number of nitrogens with zero attached hydrogens (tertiary/aromatic N) is 5. The van der Waals surface area contributed by atoms with E-state index in [4.69, 9.17) is 10.1 Å². The molecule has 1 saturated heterocycles. The number of benzene rings is 2. The lowest BCUT2D eigenvalue weighted by Gasteiger charge is -2.33. The summed E-state index contributed by atoms with van der Waals surface area (Å²) >= 11 is 1.51. The lowest BCUT2D eigenvalue weighted by molar-refractivity contribution is 0.312. The molecule has 0 bridgehead atoms. The molecule has 0 unspecified atom stereocenters. The molecule has 160 valence electrons. The topological polar surface area (TPSA) is 53.7 Å². The predicted octanol–water partition coefficient (Wildman–Crippen LogP) is 4.18. The first-order chi connectivity index (χ1) is 15.6. The van der Waals surface area contributed by atoms with Gasteiger partial charge in [0.25, 0.3) is 5.56 Å². The molecule has 0 aliphatic carbocycles. The second-order valence-corrected chi connectivity index (χ2v) is 9.37. The summed E-state index contributed by atoms with van der Waals surface area (Å²) in [6.45, 7) is 5.78. The number of thiophene rings is 1. The van der Waals surface area contributed by atoms with Gasteiger partial charge in [-0.25, -0.2) is 4.98 Å². The van der Waals surface area contributed by atoms with Crippen molar-refractivity contribution in [2.75, 3.05) is 38.1 Å². The van der Waals surface area contributed by atoms with E-state index in [0.29, 0.717) is 11.0 Å². The van der Waals surface area contributed by atoms with Gasteiger partial charge in [0.1, 0.15) is 4.83 Å². The van der Waals surface area contributed by atoms with Crippen LogP contribution >= 0.6 is 11.3 Å². The first-order valence-corrected chi connectivity index (χ1v) is 11.7. The third-order valence-electron chi connectivity index (χ3n) is 6.35. The van der Waals surface area contributed by atoms with Gasteiger partial charge in [-0.3, -0.25) is 4.79 Å². The summed E-state index contributed by atoms with van der Waals surface area (Å²) in [7, 11) is 2.14. The third kappa shape index (κ3) is 3.00. The fourth-order valence-corrected chi connectivity index (χ4v) is 5.41. The van der Waals surface area contributed by atoms with Gasteiger partial charge in [0.15, 0.2) is 11.5 Å². The minimum Gasteiger partial charge on any atom is -0.352 e. The highest BCUT2D eigenvalue weighted by Gasteiger charge is 2.22. The van der Waals surface area contributed by atoms with Crippen LogP contribution in [0, 0.1) is 6.92 Å². The quantitative estimate of drug-likeness (QED) is 0.385. The van der Waals surface area contributed by atoms with Gasteiger partial charge < -0.3 is 9.80 Å². The number of hydrogen-bond acceptors (Lipinski definition) is 6. The second kappa shape index (κ2) is 7.39. The van der Waals surface area contributed by atoms with E-state index in [-0.39, 0.29) is 5.56 Å². The standard InChI is InChI=1S/C25H23N5OS/c1-16-7-9-17(10-8-16)20-15-32-24-21(20)25(31)30-22(26-24)18-5-3-4-6-19(18)23(27-30)29-13-11-28(2)12-14-29/h3-10,15H,11-14H2,1-2H3. The Morgan fingerprint density at radius 1 is 0.938 bits per heavy atom. The van der Waals surface area contributed by atoms with E-state index in [2.05, 4.69) is 54.1 Å². The van der Waals surface area contributed by atoms with Gasteiger partial charge in [-0.1, -0.05) is 54.1 Å². The Kier molecular flexibility index (Phi) is 4.48. The monoisotopic (exact) mass is 441 g/mol. The van der Waals surface area contributed by atoms with Gasteiger partial charge in [0.2, 0.25) is 0 Å². The minimum absolute atomic E-state index is 0.108. The van der Waals surface area contributed by atoms with Crippen molar-refractivity contribution in [2.24, 2.45) is 0 Å². The van der Waals surface area contributed by atoms with Gasteiger partial charge in [-0.05, 0) is 19.5 Å². The molecule has 7 heteroatoms. The maximum atomic E-state index is 13.8. The Bertz CT molecular complexity index is 1530. The minimum atomic E-state index is -0.108. The van der Waals surface area contributed by atoms with Gasteiger partial charge in [0.05, 0.1) is 5.39 Å². The highest BCUT2D eigenvalue weighted by Crippen LogP contribution is 2.33. The van der Waals surface area contributed by atoms with E-state index in [0.717, 1.165) is 58.7 Å². The zero-order chi connectivity index (χ0) is 21.8. The number of aryl methyl sites for hydroxylation is 1. The van der Waals surface area contributed by atoms with Crippen molar-refractivity contribution in [1.29, 1.82) is 0 Å². The normalized spacial score (nSPS) is 15.2. The summed E-state index contributed by atoms with van der Waals surface area (Å²) in [4.78, 5) is 24.1. The van der Waals surface area contributed by atoms with Gasteiger partial charge in [-0.15, -0.1) is 16.4 Å². The zero-order valence-electron chi connectivity index (χ0n) is 18.1. The highest BCUT2D eigenvalue weighted by molar-refractivity contribution is 7.17. The van der Waals surface area contributed by atoms with Crippen molar-refractivity contribution in [1.82, 2.24) is 19.5 Å². The van der Waals surface area contributed by atoms with E-state index in [9.17, 15) is 4.79 Å². The molecular weight excluding hydrogens is 418 g/mol. The van der Waals surface area contributed by atoms with Crippen LogP contribution in [0.1, 0.15) is 5.56 Å². The van der Waals surface area contributed by atoms with Gasteiger partial charge in [-0.2, -0.15) is 4.52 Å². The predicted molar refractivity (Wildman–Crippen MR) is 132 cm³/mol. The highest BCUT2D eigenvalue weighted by atomic mass is 32.1. The molecule has 6 nitrogen and oxygen atoms in total. The Hall–Kier alpha value is -3.29. The molecule has 0 amide bonds. The molecule has 4 heterocycles. The second-order valence-electron chi connectivity index (χ2n) is 8.51. The molecule has 0 spiro atoms. The summed E-state index contributed by atoms with van der Waals surface area (Å²) in [6.07, 6.45) is 0. The van der Waals surface area contributed by atoms with Crippen molar-refractivity contribution in [3.63, 3.8) is 0 Å². The fraction of sp³-hybridized carbons (Fsp3) is 0.240. The molecule has 1 fully saturated rings. The number of piperazine rings is 1. The van der Waals surface area contributed by atoms with E-state index >= 15 is 0 Å². The molecule has 1 aliphatic heterocycles. The number of fused-ring (bicyclic) bond motifs is 4. The third-order valence-corrected chi connectivity index (χ3v) is 7.23. The van der Waals surface area contributed by atoms with Crippen molar-refractivity contribution in [3.8, 4) is 11.1 Å². The summed E-state index contributed by atoms with van der Waals surface area (Å²) in [5, 5.41) is 9.56. The molecule has 0 atom stereocenters. The first kappa shape index (κ1) is 19.4. The van der Waals surface area contributed by atoms with Crippen LogP contribution in [0.25, 0.3) is 37.8 Å². The van der Waals surface area contributed by atoms with Crippen LogP contribution in [0.4, 0.5) is 5.82 Å². The largest absolute Gasteiger partial charge is 0.352 e. The average molecular weight is 442 g/mol. The maximum Gasteiger partial charge on any atom is 0.283 e. The molecule has 1 aliphatic rings. The molecule has 2 aromatic carbocycles. The first-order valence-electron chi connectivity index (χ1n) is 10.8.